The lowest BCUT2D eigenvalue weighted by atomic mass is 9.46. The number of Topliss-reactive ketones (excluding diaryl/α,β-unsaturated/α-hetero) is 1. The first kappa shape index (κ1) is 109. The van der Waals surface area contributed by atoms with Gasteiger partial charge in [0.2, 0.25) is 58.4 Å². The first-order chi connectivity index (χ1) is 67.7. The molecular formula is C105H165N18O19+3. The summed E-state index contributed by atoms with van der Waals surface area (Å²) in [5.41, 5.74) is 7.38. The van der Waals surface area contributed by atoms with Crippen molar-refractivity contribution in [3.8, 4) is 0 Å². The third-order valence-electron chi connectivity index (χ3n) is 37.6. The fourth-order valence-electron chi connectivity index (χ4n) is 29.2. The molecule has 9 fully saturated rings. The molecule has 9 unspecified atom stereocenters. The molecule has 9 saturated carbocycles. The molecule has 0 aliphatic heterocycles. The highest BCUT2D eigenvalue weighted by Gasteiger charge is 2.70. The molecule has 9 N–H and O–H groups in total. The van der Waals surface area contributed by atoms with Gasteiger partial charge in [0.15, 0.2) is 35.9 Å². The second-order valence-electron chi connectivity index (χ2n) is 45.2. The van der Waals surface area contributed by atoms with E-state index in [9.17, 15) is 68.1 Å². The number of H-pyrrole nitrogens is 3. The molecule has 0 saturated heterocycles. The van der Waals surface area contributed by atoms with Crippen LogP contribution in [0.15, 0.2) is 53.5 Å². The molecular weight excluding hydrogens is 1820 g/mol. The third kappa shape index (κ3) is 22.5. The van der Waals surface area contributed by atoms with Crippen molar-refractivity contribution in [3.05, 3.63) is 70.6 Å². The molecule has 12 aliphatic rings. The molecule has 0 bridgehead atoms. The summed E-state index contributed by atoms with van der Waals surface area (Å²) in [6.45, 7) is 18.0. The topological polar surface area (TPSA) is 453 Å². The Morgan fingerprint density at radius 3 is 1.01 bits per heavy atom. The maximum Gasteiger partial charge on any atom is 0.250 e. The van der Waals surface area contributed by atoms with Gasteiger partial charge >= 0.3 is 0 Å². The number of likely N-dealkylation sites (N-methyl/N-ethyl adjacent to an activating group) is 1. The maximum absolute atomic E-state index is 14.7. The predicted molar refractivity (Wildman–Crippen MR) is 521 cm³/mol. The van der Waals surface area contributed by atoms with Crippen LogP contribution in [0, 0.1) is 85.8 Å². The van der Waals surface area contributed by atoms with Crippen LogP contribution in [-0.2, 0) is 113 Å². The predicted octanol–water partition coefficient (Wildman–Crippen LogP) is 5.23. The number of nitrogens with one attached hydrogen (secondary N) is 4. The quantitative estimate of drug-likeness (QED) is 0.0265. The van der Waals surface area contributed by atoms with E-state index < -0.39 is 58.9 Å². The highest BCUT2D eigenvalue weighted by atomic mass is 16.5. The van der Waals surface area contributed by atoms with Gasteiger partial charge in [-0.2, -0.15) is 14.0 Å². The molecule has 0 aromatic carbocycles. The minimum Gasteiger partial charge on any atom is -0.383 e. The SMILES string of the molecule is COCCN(CC(C)=O)C(=O)CN(CCOC)C(=O)CN(C)CCC[n+]1cc([C@]2(O)CCC3C4CCC5=CC(=O)CC[C@]5(C)C4CC[C@@]32C)n[nH]1.COCCN(CC(N)=O)C(=O)CN(CCOC)C(=O)CN(CCC[n+]1cc([C@]2(O)CCC3C4CCC5=CC(=O)CC[C@]5(C)C4CC[C@@]32C)n[nH]1)C(=O)CN(CCOC)C(=O)CNCCC[n+]1cc([C@]2(O)CCC3C4CCC5=CC(=O)CC[C@]5(C)C4CC[C@@]32C)n[nH]1. The minimum absolute atomic E-state index is 0.00464. The van der Waals surface area contributed by atoms with Crippen LogP contribution in [-0.4, -0.2) is 325 Å². The normalized spacial score (nSPS) is 31.5. The number of aromatic nitrogens is 9. The van der Waals surface area contributed by atoms with E-state index in [1.54, 1.807) is 11.8 Å². The molecule has 12 aliphatic carbocycles. The number of nitrogens with zero attached hydrogens (tertiary/aromatic N) is 13. The third-order valence-corrected chi connectivity index (χ3v) is 37.6. The molecule has 37 nitrogen and oxygen atoms in total. The van der Waals surface area contributed by atoms with E-state index in [2.05, 4.69) is 67.6 Å². The van der Waals surface area contributed by atoms with Crippen molar-refractivity contribution in [2.75, 3.05) is 180 Å². The smallest absolute Gasteiger partial charge is 0.250 e. The van der Waals surface area contributed by atoms with Crippen LogP contribution >= 0.6 is 0 Å². The standard InChI is InChI=1S/C67H102N12O12.C38H60N6O7/c1-62-20-14-47(80)36-45(62)10-12-49-51(62)16-22-64(3)53(49)18-24-66(64,87)55-39-78(72-70-55)28-8-26-69-38-58(83)76(31-34-90-6)43-59(84)74(42-61(86)77(32-35-91-7)44-60(85)75(30-33-89-5)41-57(68)82)27-9-29-79-40-56(71-73-79)67(88)25-19-54-50-13-11-46-37-48(81)15-21-63(46,2)52(50)17-23-65(54,67)4;1-27(45)23-42(18-20-50-5)35(48)26-43(19-21-51-6)34(47)25-41(4)16-7-17-44-24-33(39-40-44)38(49)15-12-32-30-9-8-28-22-29(46)10-13-36(28,2)31(30)11-14-37(32,38)3/h36-37,39-40,49-54,69,87-88H,8-35,38,41-44H2,1-7H3,(H2,68,82);22,24,30-32,49H,7-21,23,25-26H2,1-6H3/p+3/t49?,50?,51?,52?,53?,54?,62-,63-,64-,65-,66+,67+;30?,31?,32?,36-,37-,38+/m00/s1. The largest absolute Gasteiger partial charge is 0.383 e. The molecule has 0 spiro atoms. The Morgan fingerprint density at radius 1 is 0.387 bits per heavy atom. The Balaban J connectivity index is 0.000000265. The molecule has 142 heavy (non-hydrogen) atoms. The number of nitrogens with two attached hydrogens (primary N) is 1. The summed E-state index contributed by atoms with van der Waals surface area (Å²) in [6, 6.07) is 0. The van der Waals surface area contributed by atoms with Crippen molar-refractivity contribution < 1.29 is 106 Å². The number of fused-ring (bicyclic) bond motifs is 15. The number of amides is 7. The Kier molecular flexibility index (Phi) is 35.4. The van der Waals surface area contributed by atoms with Gasteiger partial charge in [-0.3, -0.25) is 57.6 Å². The number of aromatic amines is 3. The van der Waals surface area contributed by atoms with E-state index in [0.717, 1.165) is 122 Å². The van der Waals surface area contributed by atoms with Crippen molar-refractivity contribution >= 4 is 64.5 Å². The summed E-state index contributed by atoms with van der Waals surface area (Å²) in [5, 5.41) is 64.6. The lowest BCUT2D eigenvalue weighted by Gasteiger charge is -2.58. The fraction of sp³-hybridized carbons (Fsp3) is 0.781. The first-order valence-corrected chi connectivity index (χ1v) is 52.7. The van der Waals surface area contributed by atoms with E-state index in [1.807, 2.05) is 58.1 Å². The number of hydrogen-bond acceptors (Lipinski definition) is 24. The van der Waals surface area contributed by atoms with Crippen molar-refractivity contribution in [1.82, 2.24) is 70.6 Å². The van der Waals surface area contributed by atoms with Gasteiger partial charge in [-0.1, -0.05) is 73.9 Å². The van der Waals surface area contributed by atoms with Crippen molar-refractivity contribution in [1.29, 1.82) is 0 Å². The summed E-state index contributed by atoms with van der Waals surface area (Å²) in [5.74, 6) is 1.61. The average molecular weight is 1980 g/mol. The number of carbonyl (C=O) groups excluding carboxylic acids is 11. The molecule has 18 atom stereocenters. The Bertz CT molecular complexity index is 5110. The van der Waals surface area contributed by atoms with Gasteiger partial charge in [0.1, 0.15) is 42.2 Å². The molecule has 37 heteroatoms. The van der Waals surface area contributed by atoms with Crippen molar-refractivity contribution in [2.24, 2.45) is 91.5 Å². The molecule has 0 radical (unpaired) electrons. The molecule has 7 amide bonds. The minimum atomic E-state index is -1.17. The Morgan fingerprint density at radius 2 is 0.683 bits per heavy atom. The number of aryl methyl sites for hydroxylation is 3. The van der Waals surface area contributed by atoms with E-state index in [4.69, 9.17) is 39.6 Å². The highest BCUT2D eigenvalue weighted by Crippen LogP contribution is 2.73. The summed E-state index contributed by atoms with van der Waals surface area (Å²) >= 11 is 0. The summed E-state index contributed by atoms with van der Waals surface area (Å²) in [7, 11) is 9.42. The molecule has 3 heterocycles. The first-order valence-electron chi connectivity index (χ1n) is 52.7. The maximum atomic E-state index is 14.7. The average Bonchev–Trinajstić information content (AvgIpc) is 1.45. The molecule has 3 aromatic rings. The number of carbonyl (C=O) groups is 11. The van der Waals surface area contributed by atoms with Gasteiger partial charge < -0.3 is 79.5 Å². The zero-order valence-corrected chi connectivity index (χ0v) is 87.0. The van der Waals surface area contributed by atoms with Crippen LogP contribution in [0.5, 0.6) is 0 Å². The van der Waals surface area contributed by atoms with Gasteiger partial charge in [0.05, 0.1) is 85.4 Å². The summed E-state index contributed by atoms with van der Waals surface area (Å²) in [4.78, 5) is 154. The fourth-order valence-corrected chi connectivity index (χ4v) is 29.2. The number of rotatable bonds is 46. The zero-order valence-electron chi connectivity index (χ0n) is 87.0. The van der Waals surface area contributed by atoms with Gasteiger partial charge in [-0.15, -0.1) is 0 Å². The van der Waals surface area contributed by atoms with Gasteiger partial charge in [-0.25, -0.2) is 0 Å². The van der Waals surface area contributed by atoms with E-state index in [-0.39, 0.29) is 166 Å². The number of ketones is 4. The molecule has 786 valence electrons. The number of aliphatic hydroxyl groups is 3. The van der Waals surface area contributed by atoms with Gasteiger partial charge in [0, 0.05) is 139 Å². The monoisotopic (exact) mass is 1980 g/mol. The number of methoxy groups -OCH3 is 5. The highest BCUT2D eigenvalue weighted by molar-refractivity contribution is 5.94. The molecule has 3 aromatic heterocycles. The van der Waals surface area contributed by atoms with Crippen molar-refractivity contribution in [2.45, 2.75) is 258 Å². The molecule has 15 rings (SSSR count). The van der Waals surface area contributed by atoms with Gasteiger partial charge in [-0.05, 0) is 256 Å². The van der Waals surface area contributed by atoms with Gasteiger partial charge in [0.25, 0.3) is 0 Å². The van der Waals surface area contributed by atoms with Crippen LogP contribution in [0.2, 0.25) is 0 Å². The number of allylic oxidation sites excluding steroid dienone is 3. The summed E-state index contributed by atoms with van der Waals surface area (Å²) in [6.07, 6.45) is 34.5. The number of ether oxygens (including phenoxy) is 5. The van der Waals surface area contributed by atoms with Crippen LogP contribution in [0.4, 0.5) is 0 Å². The summed E-state index contributed by atoms with van der Waals surface area (Å²) < 4.78 is 31.8. The second kappa shape index (κ2) is 46.1. The van der Waals surface area contributed by atoms with Crippen LogP contribution in [0.25, 0.3) is 0 Å². The lowest BCUT2D eigenvalue weighted by molar-refractivity contribution is -0.754. The number of primary amides is 1. The van der Waals surface area contributed by atoms with E-state index in [1.165, 1.54) is 81.5 Å². The van der Waals surface area contributed by atoms with Crippen LogP contribution in [0.1, 0.15) is 239 Å². The zero-order chi connectivity index (χ0) is 102. The van der Waals surface area contributed by atoms with E-state index in [0.29, 0.717) is 168 Å². The van der Waals surface area contributed by atoms with E-state index >= 15 is 0 Å². The number of hydrogen-bond donors (Lipinski definition) is 8. The Hall–Kier alpha value is -8.79. The van der Waals surface area contributed by atoms with Crippen LogP contribution < -0.4 is 25.1 Å². The van der Waals surface area contributed by atoms with Crippen molar-refractivity contribution in [3.63, 3.8) is 0 Å². The Labute approximate surface area is 837 Å². The second-order valence-corrected chi connectivity index (χ2v) is 45.2. The van der Waals surface area contributed by atoms with Crippen LogP contribution in [0.3, 0.4) is 0 Å². The lowest BCUT2D eigenvalue weighted by Crippen LogP contribution is -2.54.